The van der Waals surface area contributed by atoms with E-state index >= 15 is 0 Å². The van der Waals surface area contributed by atoms with Crippen LogP contribution in [0, 0.1) is 5.82 Å². The molecule has 3 rings (SSSR count). The van der Waals surface area contributed by atoms with E-state index in [-0.39, 0.29) is 17.0 Å². The molecule has 0 aliphatic heterocycles. The third kappa shape index (κ3) is 4.78. The smallest absolute Gasteiger partial charge is 0.251 e. The van der Waals surface area contributed by atoms with Crippen LogP contribution in [0.5, 0.6) is 0 Å². The van der Waals surface area contributed by atoms with Crippen LogP contribution in [-0.2, 0) is 11.2 Å². The van der Waals surface area contributed by atoms with E-state index in [1.165, 1.54) is 12.1 Å². The van der Waals surface area contributed by atoms with Crippen molar-refractivity contribution in [1.82, 2.24) is 25.5 Å². The zero-order valence-electron chi connectivity index (χ0n) is 16.3. The number of nitrogens with zero attached hydrogens (tertiary/aromatic N) is 4. The fourth-order valence-electron chi connectivity index (χ4n) is 2.97. The second-order valence-electron chi connectivity index (χ2n) is 6.58. The Morgan fingerprint density at radius 3 is 2.79 bits per heavy atom. The first kappa shape index (κ1) is 20.9. The third-order valence-electron chi connectivity index (χ3n) is 4.31. The molecular weight excluding hydrogens is 397 g/mol. The first-order chi connectivity index (χ1) is 13.9. The Balaban J connectivity index is 2.10. The Morgan fingerprint density at radius 2 is 2.10 bits per heavy atom. The standard InChI is InChI=1S/C20H21ClFN5O2/c1-4-19-24-25-26-27(19)16-8-13(17-6-5-15(22)10-18(17)21)7-14(9-16)20(28)23-12(2)11-29-3/h5-10,12H,4,11H2,1-3H3,(H,23,28)/t12-/m0/s1. The summed E-state index contributed by atoms with van der Waals surface area (Å²) in [7, 11) is 1.57. The fourth-order valence-corrected chi connectivity index (χ4v) is 3.25. The quantitative estimate of drug-likeness (QED) is 0.636. The molecule has 0 saturated carbocycles. The predicted molar refractivity (Wildman–Crippen MR) is 108 cm³/mol. The van der Waals surface area contributed by atoms with Crippen LogP contribution in [-0.4, -0.2) is 45.9 Å². The molecule has 1 aromatic heterocycles. The molecule has 2 aromatic carbocycles. The van der Waals surface area contributed by atoms with Crippen molar-refractivity contribution >= 4 is 17.5 Å². The summed E-state index contributed by atoms with van der Waals surface area (Å²) in [6.45, 7) is 4.16. The van der Waals surface area contributed by atoms with E-state index in [1.54, 1.807) is 30.0 Å². The number of aromatic nitrogens is 4. The van der Waals surface area contributed by atoms with Gasteiger partial charge in [-0.05, 0) is 59.3 Å². The number of aryl methyl sites for hydroxylation is 1. The summed E-state index contributed by atoms with van der Waals surface area (Å²) in [5.74, 6) is -0.0662. The van der Waals surface area contributed by atoms with Crippen molar-refractivity contribution in [3.8, 4) is 16.8 Å². The van der Waals surface area contributed by atoms with Crippen molar-refractivity contribution in [3.63, 3.8) is 0 Å². The molecule has 3 aromatic rings. The van der Waals surface area contributed by atoms with Crippen molar-refractivity contribution in [2.45, 2.75) is 26.3 Å². The average Bonchev–Trinajstić information content (AvgIpc) is 3.16. The molecule has 0 spiro atoms. The van der Waals surface area contributed by atoms with Crippen LogP contribution in [0.15, 0.2) is 36.4 Å². The van der Waals surface area contributed by atoms with Gasteiger partial charge in [-0.2, -0.15) is 4.68 Å². The maximum Gasteiger partial charge on any atom is 0.251 e. The predicted octanol–water partition coefficient (Wildman–Crippen LogP) is 3.45. The summed E-state index contributed by atoms with van der Waals surface area (Å²) in [5, 5.41) is 14.9. The zero-order chi connectivity index (χ0) is 21.0. The summed E-state index contributed by atoms with van der Waals surface area (Å²) in [6.07, 6.45) is 0.612. The number of rotatable bonds is 7. The van der Waals surface area contributed by atoms with Crippen molar-refractivity contribution in [1.29, 1.82) is 0 Å². The number of nitrogens with one attached hydrogen (secondary N) is 1. The van der Waals surface area contributed by atoms with Gasteiger partial charge in [0.05, 0.1) is 17.3 Å². The molecule has 0 bridgehead atoms. The summed E-state index contributed by atoms with van der Waals surface area (Å²) < 4.78 is 20.1. The molecule has 0 saturated heterocycles. The number of carbonyl (C=O) groups is 1. The molecule has 7 nitrogen and oxygen atoms in total. The van der Waals surface area contributed by atoms with E-state index in [0.29, 0.717) is 41.2 Å². The van der Waals surface area contributed by atoms with Gasteiger partial charge >= 0.3 is 0 Å². The first-order valence-electron chi connectivity index (χ1n) is 9.10. The first-order valence-corrected chi connectivity index (χ1v) is 9.48. The van der Waals surface area contributed by atoms with E-state index in [1.807, 2.05) is 19.9 Å². The molecule has 29 heavy (non-hydrogen) atoms. The number of methoxy groups -OCH3 is 1. The van der Waals surface area contributed by atoms with Crippen LogP contribution in [0.4, 0.5) is 4.39 Å². The molecule has 1 heterocycles. The highest BCUT2D eigenvalue weighted by Gasteiger charge is 2.16. The Morgan fingerprint density at radius 1 is 1.31 bits per heavy atom. The van der Waals surface area contributed by atoms with Gasteiger partial charge in [-0.25, -0.2) is 4.39 Å². The number of benzene rings is 2. The largest absolute Gasteiger partial charge is 0.383 e. The number of ether oxygens (including phenoxy) is 1. The maximum absolute atomic E-state index is 13.5. The molecule has 0 unspecified atom stereocenters. The molecule has 0 aliphatic rings. The van der Waals surface area contributed by atoms with Gasteiger partial charge in [-0.3, -0.25) is 4.79 Å². The van der Waals surface area contributed by atoms with E-state index < -0.39 is 5.82 Å². The van der Waals surface area contributed by atoms with Gasteiger partial charge in [0, 0.05) is 30.7 Å². The van der Waals surface area contributed by atoms with Crippen molar-refractivity contribution in [2.24, 2.45) is 0 Å². The van der Waals surface area contributed by atoms with E-state index in [4.69, 9.17) is 16.3 Å². The molecule has 0 radical (unpaired) electrons. The highest BCUT2D eigenvalue weighted by Crippen LogP contribution is 2.31. The molecule has 0 fully saturated rings. The minimum atomic E-state index is -0.435. The van der Waals surface area contributed by atoms with Gasteiger partial charge in [0.2, 0.25) is 0 Å². The second-order valence-corrected chi connectivity index (χ2v) is 6.99. The fraction of sp³-hybridized carbons (Fsp3) is 0.300. The summed E-state index contributed by atoms with van der Waals surface area (Å²) in [4.78, 5) is 12.8. The lowest BCUT2D eigenvalue weighted by atomic mass is 10.0. The van der Waals surface area contributed by atoms with E-state index in [2.05, 4.69) is 20.8 Å². The van der Waals surface area contributed by atoms with E-state index in [9.17, 15) is 9.18 Å². The summed E-state index contributed by atoms with van der Waals surface area (Å²) >= 11 is 6.25. The lowest BCUT2D eigenvalue weighted by Crippen LogP contribution is -2.35. The second kappa shape index (κ2) is 9.11. The highest BCUT2D eigenvalue weighted by atomic mass is 35.5. The molecule has 1 N–H and O–H groups in total. The van der Waals surface area contributed by atoms with E-state index in [0.717, 1.165) is 0 Å². The van der Waals surface area contributed by atoms with Crippen LogP contribution < -0.4 is 5.32 Å². The number of hydrogen-bond donors (Lipinski definition) is 1. The number of halogens is 2. The lowest BCUT2D eigenvalue weighted by molar-refractivity contribution is 0.0905. The van der Waals surface area contributed by atoms with Gasteiger partial charge in [-0.1, -0.05) is 18.5 Å². The van der Waals surface area contributed by atoms with Crippen LogP contribution in [0.1, 0.15) is 30.0 Å². The zero-order valence-corrected chi connectivity index (χ0v) is 17.1. The molecule has 1 atom stereocenters. The van der Waals surface area contributed by atoms with Gasteiger partial charge in [0.25, 0.3) is 5.91 Å². The number of amides is 1. The lowest BCUT2D eigenvalue weighted by Gasteiger charge is -2.15. The monoisotopic (exact) mass is 417 g/mol. The van der Waals surface area contributed by atoms with Crippen molar-refractivity contribution in [2.75, 3.05) is 13.7 Å². The summed E-state index contributed by atoms with van der Waals surface area (Å²) in [6, 6.07) is 9.17. The maximum atomic E-state index is 13.5. The Kier molecular flexibility index (Phi) is 6.56. The normalized spacial score (nSPS) is 12.0. The molecular formula is C20H21ClFN5O2. The minimum absolute atomic E-state index is 0.173. The molecule has 9 heteroatoms. The Labute approximate surface area is 172 Å². The summed E-state index contributed by atoms with van der Waals surface area (Å²) in [5.41, 5.74) is 2.25. The third-order valence-corrected chi connectivity index (χ3v) is 4.62. The van der Waals surface area contributed by atoms with Gasteiger partial charge in [-0.15, -0.1) is 5.10 Å². The minimum Gasteiger partial charge on any atom is -0.383 e. The van der Waals surface area contributed by atoms with Crippen LogP contribution >= 0.6 is 11.6 Å². The number of hydrogen-bond acceptors (Lipinski definition) is 5. The molecule has 1 amide bonds. The van der Waals surface area contributed by atoms with Gasteiger partial charge in [0.15, 0.2) is 5.82 Å². The Bertz CT molecular complexity index is 1020. The average molecular weight is 418 g/mol. The van der Waals surface area contributed by atoms with Gasteiger partial charge in [0.1, 0.15) is 5.82 Å². The number of carbonyl (C=O) groups excluding carboxylic acids is 1. The van der Waals surface area contributed by atoms with Crippen molar-refractivity contribution < 1.29 is 13.9 Å². The van der Waals surface area contributed by atoms with Gasteiger partial charge < -0.3 is 10.1 Å². The van der Waals surface area contributed by atoms with Crippen LogP contribution in [0.2, 0.25) is 5.02 Å². The molecule has 152 valence electrons. The van der Waals surface area contributed by atoms with Crippen LogP contribution in [0.25, 0.3) is 16.8 Å². The van der Waals surface area contributed by atoms with Crippen molar-refractivity contribution in [3.05, 3.63) is 58.6 Å². The number of tetrazole rings is 1. The highest BCUT2D eigenvalue weighted by molar-refractivity contribution is 6.33. The molecule has 0 aliphatic carbocycles. The van der Waals surface area contributed by atoms with Crippen LogP contribution in [0.3, 0.4) is 0 Å². The topological polar surface area (TPSA) is 81.9 Å². The SMILES string of the molecule is CCc1nnnn1-c1cc(C(=O)N[C@@H](C)COC)cc(-c2ccc(F)cc2Cl)c1. The Hall–Kier alpha value is -2.84.